The molecule has 9 nitrogen and oxygen atoms in total. The van der Waals surface area contributed by atoms with E-state index in [1.165, 1.54) is 6.92 Å². The smallest absolute Gasteiger partial charge is 0.334 e. The summed E-state index contributed by atoms with van der Waals surface area (Å²) in [7, 11) is 0. The molecule has 0 unspecified atom stereocenters. The minimum atomic E-state index is -1.58. The van der Waals surface area contributed by atoms with Crippen LogP contribution in [-0.2, 0) is 9.62 Å². The van der Waals surface area contributed by atoms with E-state index in [-0.39, 0.29) is 0 Å². The summed E-state index contributed by atoms with van der Waals surface area (Å²) >= 11 is 0. The summed E-state index contributed by atoms with van der Waals surface area (Å²) in [6.45, 7) is 1.45. The third kappa shape index (κ3) is 2.94. The highest BCUT2D eigenvalue weighted by molar-refractivity contribution is 4.95. The van der Waals surface area contributed by atoms with Gasteiger partial charge in [0.2, 0.25) is 12.1 Å². The van der Waals surface area contributed by atoms with E-state index in [0.29, 0.717) is 6.20 Å². The molecule has 1 saturated heterocycles. The lowest BCUT2D eigenvalue weighted by atomic mass is 10.0. The Hall–Kier alpha value is -1.59. The summed E-state index contributed by atoms with van der Waals surface area (Å²) in [6.07, 6.45) is -5.97. The van der Waals surface area contributed by atoms with Crippen molar-refractivity contribution in [2.45, 2.75) is 37.6 Å². The van der Waals surface area contributed by atoms with Crippen LogP contribution in [-0.4, -0.2) is 56.0 Å². The Balaban J connectivity index is 1.99. The lowest BCUT2D eigenvalue weighted by molar-refractivity contribution is -0.385. The van der Waals surface area contributed by atoms with Crippen molar-refractivity contribution in [3.63, 3.8) is 0 Å². The lowest BCUT2D eigenvalue weighted by Crippen LogP contribution is -2.57. The summed E-state index contributed by atoms with van der Waals surface area (Å²) < 4.78 is 17.7. The van der Waals surface area contributed by atoms with Crippen LogP contribution in [0.2, 0.25) is 0 Å². The number of rotatable bonds is 3. The fourth-order valence-corrected chi connectivity index (χ4v) is 1.59. The van der Waals surface area contributed by atoms with Crippen molar-refractivity contribution >= 4 is 0 Å². The molecule has 2 rings (SSSR count). The molecule has 4 N–H and O–H groups in total. The monoisotopic (exact) mass is 292 g/mol. The Morgan fingerprint density at radius 3 is 2.70 bits per heavy atom. The van der Waals surface area contributed by atoms with Gasteiger partial charge in [-0.05, 0) is 6.92 Å². The number of hydrogen-bond acceptors (Lipinski definition) is 8. The second-order valence-corrected chi connectivity index (χ2v) is 4.23. The van der Waals surface area contributed by atoms with Crippen LogP contribution in [0.1, 0.15) is 6.92 Å². The number of aliphatic hydroxyl groups excluding tert-OH is 3. The molecule has 1 aromatic heterocycles. The van der Waals surface area contributed by atoms with Crippen molar-refractivity contribution in [1.82, 2.24) is 9.97 Å². The van der Waals surface area contributed by atoms with Crippen molar-refractivity contribution in [1.29, 1.82) is 0 Å². The Morgan fingerprint density at radius 2 is 2.05 bits per heavy atom. The average Bonchev–Trinajstić information content (AvgIpc) is 2.42. The molecule has 0 amide bonds. The van der Waals surface area contributed by atoms with Gasteiger partial charge >= 0.3 is 6.01 Å². The van der Waals surface area contributed by atoms with Gasteiger partial charge in [-0.2, -0.15) is 9.37 Å². The molecule has 2 heterocycles. The first-order valence-electron chi connectivity index (χ1n) is 5.68. The standard InChI is InChI=1S/C10H13FN2O7/c1-3-5(14)6(15)7(16)9(18-3)19-20-10-12-2-4(11)8(17)13-10/h2-3,5-7,9,14-16H,1H3,(H,12,13,17)/t3-,5-,6+,7-,9+/m1/s1. The Kier molecular flexibility index (Phi) is 4.30. The molecule has 112 valence electrons. The van der Waals surface area contributed by atoms with Gasteiger partial charge in [-0.3, -0.25) is 14.7 Å². The number of aromatic nitrogens is 2. The highest BCUT2D eigenvalue weighted by Crippen LogP contribution is 2.21. The first-order chi connectivity index (χ1) is 9.40. The van der Waals surface area contributed by atoms with E-state index in [9.17, 15) is 24.5 Å². The number of aliphatic hydroxyl groups is 3. The zero-order valence-corrected chi connectivity index (χ0v) is 10.3. The van der Waals surface area contributed by atoms with Crippen LogP contribution < -0.4 is 10.4 Å². The summed E-state index contributed by atoms with van der Waals surface area (Å²) in [5.41, 5.74) is -1.06. The fourth-order valence-electron chi connectivity index (χ4n) is 1.59. The quantitative estimate of drug-likeness (QED) is 0.373. The van der Waals surface area contributed by atoms with Crippen molar-refractivity contribution < 1.29 is 34.2 Å². The van der Waals surface area contributed by atoms with E-state index < -0.39 is 48.1 Å². The highest BCUT2D eigenvalue weighted by atomic mass is 19.1. The van der Waals surface area contributed by atoms with Gasteiger partial charge in [-0.25, -0.2) is 0 Å². The first kappa shape index (κ1) is 14.8. The normalized spacial score (nSPS) is 34.0. The van der Waals surface area contributed by atoms with Gasteiger partial charge in [0.1, 0.15) is 18.3 Å². The third-order valence-corrected chi connectivity index (χ3v) is 2.76. The Morgan fingerprint density at radius 1 is 1.35 bits per heavy atom. The molecular weight excluding hydrogens is 279 g/mol. The molecule has 20 heavy (non-hydrogen) atoms. The van der Waals surface area contributed by atoms with E-state index in [2.05, 4.69) is 14.8 Å². The first-order valence-corrected chi connectivity index (χ1v) is 5.68. The Labute approximate surface area is 111 Å². The average molecular weight is 292 g/mol. The topological polar surface area (TPSA) is 134 Å². The summed E-state index contributed by atoms with van der Waals surface area (Å²) in [5, 5.41) is 28.6. The van der Waals surface area contributed by atoms with E-state index in [1.54, 1.807) is 0 Å². The van der Waals surface area contributed by atoms with E-state index >= 15 is 0 Å². The van der Waals surface area contributed by atoms with Crippen molar-refractivity contribution in [2.24, 2.45) is 0 Å². The van der Waals surface area contributed by atoms with Crippen LogP contribution in [0, 0.1) is 5.82 Å². The molecule has 1 fully saturated rings. The lowest BCUT2D eigenvalue weighted by Gasteiger charge is -2.37. The van der Waals surface area contributed by atoms with Gasteiger partial charge in [-0.1, -0.05) is 0 Å². The SMILES string of the molecule is C[C@H]1O[C@@H](OOc2ncc(F)c(=O)[nH]2)[C@H](O)[C@@H](O)[C@@H]1O. The molecule has 1 aliphatic heterocycles. The molecule has 0 bridgehead atoms. The van der Waals surface area contributed by atoms with E-state index in [0.717, 1.165) is 0 Å². The molecule has 0 aliphatic carbocycles. The van der Waals surface area contributed by atoms with Gasteiger partial charge in [0.15, 0.2) is 0 Å². The predicted molar refractivity (Wildman–Crippen MR) is 58.9 cm³/mol. The number of H-pyrrole nitrogens is 1. The molecule has 0 spiro atoms. The van der Waals surface area contributed by atoms with Gasteiger partial charge in [0, 0.05) is 0 Å². The second-order valence-electron chi connectivity index (χ2n) is 4.23. The summed E-state index contributed by atoms with van der Waals surface area (Å²) in [6, 6.07) is -0.458. The molecular formula is C10H13FN2O7. The van der Waals surface area contributed by atoms with Crippen LogP contribution in [0.25, 0.3) is 0 Å². The maximum atomic E-state index is 12.7. The van der Waals surface area contributed by atoms with Crippen molar-refractivity contribution in [3.8, 4) is 6.01 Å². The molecule has 5 atom stereocenters. The van der Waals surface area contributed by atoms with Gasteiger partial charge < -0.3 is 20.1 Å². The minimum Gasteiger partial charge on any atom is -0.388 e. The largest absolute Gasteiger partial charge is 0.388 e. The van der Waals surface area contributed by atoms with Gasteiger partial charge in [0.05, 0.1) is 12.3 Å². The third-order valence-electron chi connectivity index (χ3n) is 2.76. The van der Waals surface area contributed by atoms with E-state index in [1.807, 2.05) is 4.98 Å². The number of halogens is 1. The second kappa shape index (κ2) is 5.81. The number of nitrogens with zero attached hydrogens (tertiary/aromatic N) is 1. The molecule has 1 aliphatic rings. The van der Waals surface area contributed by atoms with Crippen molar-refractivity contribution in [3.05, 3.63) is 22.4 Å². The Bertz CT molecular complexity index is 525. The van der Waals surface area contributed by atoms with E-state index in [4.69, 9.17) is 4.74 Å². The van der Waals surface area contributed by atoms with Crippen LogP contribution in [0.15, 0.2) is 11.0 Å². The van der Waals surface area contributed by atoms with Gasteiger partial charge in [-0.15, -0.1) is 4.89 Å². The fraction of sp³-hybridized carbons (Fsp3) is 0.600. The predicted octanol–water partition coefficient (Wildman–Crippen LogP) is -1.95. The maximum Gasteiger partial charge on any atom is 0.334 e. The zero-order valence-electron chi connectivity index (χ0n) is 10.3. The number of nitrogens with one attached hydrogen (secondary N) is 1. The number of aromatic amines is 1. The van der Waals surface area contributed by atoms with Gasteiger partial charge in [0.25, 0.3) is 5.56 Å². The molecule has 10 heteroatoms. The van der Waals surface area contributed by atoms with Crippen molar-refractivity contribution in [2.75, 3.05) is 0 Å². The number of hydrogen-bond donors (Lipinski definition) is 4. The summed E-state index contributed by atoms with van der Waals surface area (Å²) in [5.74, 6) is -1.10. The molecule has 0 aromatic carbocycles. The van der Waals surface area contributed by atoms with Crippen LogP contribution in [0.4, 0.5) is 4.39 Å². The number of ether oxygens (including phenoxy) is 1. The highest BCUT2D eigenvalue weighted by Gasteiger charge is 2.43. The zero-order chi connectivity index (χ0) is 14.9. The molecule has 1 aromatic rings. The summed E-state index contributed by atoms with van der Waals surface area (Å²) in [4.78, 5) is 25.5. The van der Waals surface area contributed by atoms with Crippen LogP contribution >= 0.6 is 0 Å². The minimum absolute atomic E-state index is 0.458. The van der Waals surface area contributed by atoms with Crippen LogP contribution in [0.5, 0.6) is 6.01 Å². The maximum absolute atomic E-state index is 12.7. The molecule has 0 radical (unpaired) electrons. The molecule has 0 saturated carbocycles. The van der Waals surface area contributed by atoms with Crippen LogP contribution in [0.3, 0.4) is 0 Å².